The van der Waals surface area contributed by atoms with Crippen molar-refractivity contribution in [2.45, 2.75) is 407 Å². The van der Waals surface area contributed by atoms with Gasteiger partial charge in [-0.05, 0) is 37.5 Å². The quantitative estimate of drug-likeness (QED) is 0.0222. The van der Waals surface area contributed by atoms with Gasteiger partial charge in [-0.15, -0.1) is 0 Å². The lowest BCUT2D eigenvalue weighted by Crippen LogP contribution is -2.30. The third-order valence-electron chi connectivity index (χ3n) is 17.5. The Hall–Kier alpha value is -1.94. The maximum atomic E-state index is 13.1. The second-order valence-corrected chi connectivity index (χ2v) is 30.9. The summed E-state index contributed by atoms with van der Waals surface area (Å²) in [7, 11) is -9.91. The predicted octanol–water partition coefficient (Wildman–Crippen LogP) is 21.9. The zero-order valence-electron chi connectivity index (χ0n) is 61.3. The summed E-state index contributed by atoms with van der Waals surface area (Å²) in [4.78, 5) is 72.7. The number of unbranched alkanes of at least 4 members (excludes halogenated alkanes) is 44. The molecule has 0 radical (unpaired) electrons. The molecule has 3 N–H and O–H groups in total. The zero-order chi connectivity index (χ0) is 69.3. The first-order valence-corrected chi connectivity index (χ1v) is 42.0. The van der Waals surface area contributed by atoms with Crippen molar-refractivity contribution >= 4 is 39.5 Å². The van der Waals surface area contributed by atoms with E-state index in [1.165, 1.54) is 199 Å². The molecule has 0 bridgehead atoms. The van der Waals surface area contributed by atoms with E-state index in [0.717, 1.165) is 108 Å². The van der Waals surface area contributed by atoms with Crippen LogP contribution in [0.5, 0.6) is 0 Å². The first-order valence-electron chi connectivity index (χ1n) is 39.0. The minimum Gasteiger partial charge on any atom is -0.462 e. The number of hydrogen-bond acceptors (Lipinski definition) is 15. The first kappa shape index (κ1) is 92.1. The van der Waals surface area contributed by atoms with Gasteiger partial charge in [-0.3, -0.25) is 37.3 Å². The van der Waals surface area contributed by atoms with Gasteiger partial charge in [0.1, 0.15) is 19.3 Å². The summed E-state index contributed by atoms with van der Waals surface area (Å²) in [5.41, 5.74) is 0. The van der Waals surface area contributed by atoms with E-state index >= 15 is 0 Å². The Morgan fingerprint density at radius 3 is 0.723 bits per heavy atom. The molecule has 94 heavy (non-hydrogen) atoms. The monoisotopic (exact) mass is 1380 g/mol. The molecule has 0 amide bonds. The van der Waals surface area contributed by atoms with Crippen molar-refractivity contribution < 1.29 is 80.2 Å². The third kappa shape index (κ3) is 68.6. The van der Waals surface area contributed by atoms with Gasteiger partial charge in [0.05, 0.1) is 26.4 Å². The van der Waals surface area contributed by atoms with Crippen LogP contribution in [0.2, 0.25) is 0 Å². The smallest absolute Gasteiger partial charge is 0.462 e. The fraction of sp³-hybridized carbons (Fsp3) is 0.947. The summed E-state index contributed by atoms with van der Waals surface area (Å²) in [6, 6.07) is 0. The Bertz CT molecular complexity index is 1820. The van der Waals surface area contributed by atoms with Crippen LogP contribution in [0.25, 0.3) is 0 Å². The maximum Gasteiger partial charge on any atom is 0.472 e. The summed E-state index contributed by atoms with van der Waals surface area (Å²) in [6.45, 7) is 9.54. The van der Waals surface area contributed by atoms with E-state index in [0.29, 0.717) is 25.7 Å². The second kappa shape index (κ2) is 66.9. The summed E-state index contributed by atoms with van der Waals surface area (Å²) in [6.07, 6.45) is 54.2. The first-order chi connectivity index (χ1) is 45.4. The van der Waals surface area contributed by atoms with E-state index in [2.05, 4.69) is 41.5 Å². The number of phosphoric acid groups is 2. The number of aliphatic hydroxyl groups excluding tert-OH is 1. The molecule has 0 fully saturated rings. The molecule has 17 nitrogen and oxygen atoms in total. The Labute approximate surface area is 575 Å². The highest BCUT2D eigenvalue weighted by Crippen LogP contribution is 2.45. The van der Waals surface area contributed by atoms with Crippen molar-refractivity contribution in [3.8, 4) is 0 Å². The summed E-state index contributed by atoms with van der Waals surface area (Å²) >= 11 is 0. The lowest BCUT2D eigenvalue weighted by Gasteiger charge is -2.21. The topological polar surface area (TPSA) is 237 Å². The minimum atomic E-state index is -4.96. The van der Waals surface area contributed by atoms with Gasteiger partial charge >= 0.3 is 39.5 Å². The fourth-order valence-corrected chi connectivity index (χ4v) is 13.1. The molecule has 0 spiro atoms. The largest absolute Gasteiger partial charge is 0.472 e. The molecule has 0 aliphatic heterocycles. The molecule has 0 saturated heterocycles. The highest BCUT2D eigenvalue weighted by atomic mass is 31.2. The average Bonchev–Trinajstić information content (AvgIpc) is 2.09. The molecule has 0 aromatic heterocycles. The molecule has 0 heterocycles. The molecule has 0 aliphatic rings. The van der Waals surface area contributed by atoms with Crippen LogP contribution in [0.15, 0.2) is 0 Å². The predicted molar refractivity (Wildman–Crippen MR) is 381 cm³/mol. The van der Waals surface area contributed by atoms with Crippen LogP contribution < -0.4 is 0 Å². The Kier molecular flexibility index (Phi) is 65.5. The highest BCUT2D eigenvalue weighted by molar-refractivity contribution is 7.47. The van der Waals surface area contributed by atoms with Gasteiger partial charge in [0.2, 0.25) is 0 Å². The normalized spacial score (nSPS) is 14.0. The molecule has 19 heteroatoms. The number of ether oxygens (including phenoxy) is 4. The van der Waals surface area contributed by atoms with Crippen LogP contribution in [-0.2, 0) is 65.4 Å². The molecular formula is C75H146O17P2. The zero-order valence-corrected chi connectivity index (χ0v) is 63.1. The molecule has 2 unspecified atom stereocenters. The Morgan fingerprint density at radius 2 is 0.489 bits per heavy atom. The van der Waals surface area contributed by atoms with E-state index in [-0.39, 0.29) is 25.7 Å². The van der Waals surface area contributed by atoms with Crippen molar-refractivity contribution in [1.29, 1.82) is 0 Å². The standard InChI is InChI=1S/C75H146O17P2/c1-7-9-11-13-15-17-18-19-20-21-22-23-24-25-26-27-35-41-47-53-59-74(79)92-71(64-86-73(78)58-52-46-40-34-30-28-32-37-43-49-55-67(3)4)66-90-94(83,84)88-62-69(76)61-87-93(81,82)89-65-70(63-85-72(77)57-51-45-39-16-14-12-10-8-2)91-75(80)60-54-48-42-36-31-29-33-38-44-50-56-68(5)6/h67-71,76H,7-66H2,1-6H3,(H,81,82)(H,83,84)/t69-,70+,71+/m0/s1. The average molecular weight is 1380 g/mol. The minimum absolute atomic E-state index is 0.106. The SMILES string of the molecule is CCCCCCCCCCCCCCCCCCCCCCC(=O)O[C@H](COC(=O)CCCCCCCCCCCCC(C)C)COP(=O)(O)OC[C@@H](O)COP(=O)(O)OC[C@@H](COC(=O)CCCCCCCCCC)OC(=O)CCCCCCCCCCCCC(C)C. The number of aliphatic hydroxyl groups is 1. The number of hydrogen-bond donors (Lipinski definition) is 3. The number of carbonyl (C=O) groups is 4. The van der Waals surface area contributed by atoms with Gasteiger partial charge in [0.25, 0.3) is 0 Å². The molecule has 558 valence electrons. The van der Waals surface area contributed by atoms with Crippen molar-refractivity contribution in [3.05, 3.63) is 0 Å². The van der Waals surface area contributed by atoms with Gasteiger partial charge in [0.15, 0.2) is 12.2 Å². The van der Waals surface area contributed by atoms with Crippen molar-refractivity contribution in [2.75, 3.05) is 39.6 Å². The van der Waals surface area contributed by atoms with Crippen LogP contribution in [-0.4, -0.2) is 96.7 Å². The molecule has 0 rings (SSSR count). The molecule has 0 saturated carbocycles. The van der Waals surface area contributed by atoms with Gasteiger partial charge in [0, 0.05) is 25.7 Å². The summed E-state index contributed by atoms with van der Waals surface area (Å²) < 4.78 is 68.4. The van der Waals surface area contributed by atoms with Crippen molar-refractivity contribution in [3.63, 3.8) is 0 Å². The fourth-order valence-electron chi connectivity index (χ4n) is 11.5. The van der Waals surface area contributed by atoms with Gasteiger partial charge in [-0.25, -0.2) is 9.13 Å². The number of rotatable bonds is 74. The van der Waals surface area contributed by atoms with E-state index in [1.807, 2.05) is 0 Å². The molecule has 0 aliphatic carbocycles. The number of carbonyl (C=O) groups excluding carboxylic acids is 4. The summed E-state index contributed by atoms with van der Waals surface area (Å²) in [5, 5.41) is 10.6. The molecule has 5 atom stereocenters. The molecule has 0 aromatic rings. The van der Waals surface area contributed by atoms with Crippen LogP contribution in [0.3, 0.4) is 0 Å². The van der Waals surface area contributed by atoms with E-state index < -0.39 is 97.5 Å². The summed E-state index contributed by atoms with van der Waals surface area (Å²) in [5.74, 6) is -0.610. The Morgan fingerprint density at radius 1 is 0.287 bits per heavy atom. The van der Waals surface area contributed by atoms with Crippen LogP contribution >= 0.6 is 15.6 Å². The Balaban J connectivity index is 5.19. The van der Waals surface area contributed by atoms with Gasteiger partial charge in [-0.1, -0.05) is 337 Å². The number of phosphoric ester groups is 2. The molecule has 0 aromatic carbocycles. The van der Waals surface area contributed by atoms with Crippen molar-refractivity contribution in [2.24, 2.45) is 11.8 Å². The van der Waals surface area contributed by atoms with Gasteiger partial charge < -0.3 is 33.8 Å². The van der Waals surface area contributed by atoms with E-state index in [9.17, 15) is 43.2 Å². The third-order valence-corrected chi connectivity index (χ3v) is 19.4. The van der Waals surface area contributed by atoms with Crippen LogP contribution in [0.4, 0.5) is 0 Å². The highest BCUT2D eigenvalue weighted by Gasteiger charge is 2.30. The van der Waals surface area contributed by atoms with Gasteiger partial charge in [-0.2, -0.15) is 0 Å². The van der Waals surface area contributed by atoms with E-state index in [1.54, 1.807) is 0 Å². The number of esters is 4. The van der Waals surface area contributed by atoms with Crippen LogP contribution in [0.1, 0.15) is 388 Å². The van der Waals surface area contributed by atoms with Crippen LogP contribution in [0, 0.1) is 11.8 Å². The second-order valence-electron chi connectivity index (χ2n) is 28.0. The van der Waals surface area contributed by atoms with E-state index in [4.69, 9.17) is 37.0 Å². The lowest BCUT2D eigenvalue weighted by molar-refractivity contribution is -0.161. The lowest BCUT2D eigenvalue weighted by atomic mass is 10.0. The maximum absolute atomic E-state index is 13.1. The molecular weight excluding hydrogens is 1230 g/mol. The van der Waals surface area contributed by atoms with Crippen molar-refractivity contribution in [1.82, 2.24) is 0 Å².